The molecule has 2 heterocycles. The molecule has 1 aliphatic rings. The van der Waals surface area contributed by atoms with E-state index in [1.54, 1.807) is 48.4 Å². The molecule has 0 saturated heterocycles. The van der Waals surface area contributed by atoms with Gasteiger partial charge in [0.15, 0.2) is 16.9 Å². The van der Waals surface area contributed by atoms with Crippen molar-refractivity contribution in [1.82, 2.24) is 4.90 Å². The van der Waals surface area contributed by atoms with E-state index in [0.29, 0.717) is 70.2 Å². The van der Waals surface area contributed by atoms with Gasteiger partial charge >= 0.3 is 0 Å². The van der Waals surface area contributed by atoms with E-state index < -0.39 is 6.04 Å². The van der Waals surface area contributed by atoms with Crippen LogP contribution in [0.1, 0.15) is 59.1 Å². The van der Waals surface area contributed by atoms with E-state index in [-0.39, 0.29) is 30.5 Å². The van der Waals surface area contributed by atoms with Crippen LogP contribution in [0.25, 0.3) is 11.0 Å². The fourth-order valence-electron chi connectivity index (χ4n) is 5.34. The van der Waals surface area contributed by atoms with Crippen LogP contribution in [-0.4, -0.2) is 37.8 Å². The SMILES string of the molecule is COc1cccc(Cc2c(C(C(C)C)N(CCCN)C(=O)c3ccc4c(c3)OCO4)oc3cc(C#N)ccc3c2=O)c1. The predicted molar refractivity (Wildman–Crippen MR) is 158 cm³/mol. The van der Waals surface area contributed by atoms with E-state index in [0.717, 1.165) is 5.56 Å². The van der Waals surface area contributed by atoms with Gasteiger partial charge in [-0.1, -0.05) is 26.0 Å². The quantitative estimate of drug-likeness (QED) is 0.278. The van der Waals surface area contributed by atoms with E-state index >= 15 is 0 Å². The topological polar surface area (TPSA) is 128 Å². The van der Waals surface area contributed by atoms with Crippen LogP contribution in [0.2, 0.25) is 0 Å². The molecule has 0 radical (unpaired) electrons. The molecule has 42 heavy (non-hydrogen) atoms. The maximum Gasteiger partial charge on any atom is 0.254 e. The molecular formula is C33H33N3O6. The molecule has 1 atom stereocenters. The zero-order chi connectivity index (χ0) is 29.8. The molecule has 0 aliphatic carbocycles. The van der Waals surface area contributed by atoms with Crippen LogP contribution < -0.4 is 25.4 Å². The number of fused-ring (bicyclic) bond motifs is 2. The Morgan fingerprint density at radius 2 is 1.90 bits per heavy atom. The molecule has 0 saturated carbocycles. The number of carbonyl (C=O) groups excluding carboxylic acids is 1. The van der Waals surface area contributed by atoms with Gasteiger partial charge in [0, 0.05) is 24.1 Å². The first-order valence-electron chi connectivity index (χ1n) is 13.9. The Balaban J connectivity index is 1.69. The van der Waals surface area contributed by atoms with Crippen molar-refractivity contribution in [2.75, 3.05) is 27.0 Å². The molecule has 1 unspecified atom stereocenters. The number of methoxy groups -OCH3 is 1. The Bertz CT molecular complexity index is 1720. The Labute approximate surface area is 244 Å². The summed E-state index contributed by atoms with van der Waals surface area (Å²) in [6.07, 6.45) is 0.804. The summed E-state index contributed by atoms with van der Waals surface area (Å²) in [6, 6.07) is 18.9. The van der Waals surface area contributed by atoms with E-state index in [1.165, 1.54) is 0 Å². The van der Waals surface area contributed by atoms with Gasteiger partial charge in [0.1, 0.15) is 17.1 Å². The monoisotopic (exact) mass is 567 g/mol. The van der Waals surface area contributed by atoms with Gasteiger partial charge in [-0.3, -0.25) is 9.59 Å². The van der Waals surface area contributed by atoms with Crippen LogP contribution in [0.15, 0.2) is 69.9 Å². The molecular weight excluding hydrogens is 534 g/mol. The highest BCUT2D eigenvalue weighted by atomic mass is 16.7. The number of ether oxygens (including phenoxy) is 3. The molecule has 216 valence electrons. The van der Waals surface area contributed by atoms with Gasteiger partial charge in [-0.25, -0.2) is 0 Å². The Kier molecular flexibility index (Phi) is 8.46. The van der Waals surface area contributed by atoms with Crippen molar-refractivity contribution in [2.24, 2.45) is 11.7 Å². The summed E-state index contributed by atoms with van der Waals surface area (Å²) < 4.78 is 22.9. The summed E-state index contributed by atoms with van der Waals surface area (Å²) in [7, 11) is 1.59. The van der Waals surface area contributed by atoms with Gasteiger partial charge in [0.05, 0.1) is 30.2 Å². The first-order valence-corrected chi connectivity index (χ1v) is 13.9. The number of hydrogen-bond acceptors (Lipinski definition) is 8. The van der Waals surface area contributed by atoms with Crippen LogP contribution in [0, 0.1) is 17.2 Å². The van der Waals surface area contributed by atoms with Gasteiger partial charge in [0.25, 0.3) is 5.91 Å². The molecule has 9 heteroatoms. The molecule has 4 aromatic rings. The number of nitriles is 1. The maximum atomic E-state index is 14.2. The largest absolute Gasteiger partial charge is 0.497 e. The van der Waals surface area contributed by atoms with E-state index in [4.69, 9.17) is 24.4 Å². The maximum absolute atomic E-state index is 14.2. The van der Waals surface area contributed by atoms with Crippen LogP contribution in [0.3, 0.4) is 0 Å². The Hall–Kier alpha value is -4.81. The number of nitrogens with two attached hydrogens (primary N) is 1. The summed E-state index contributed by atoms with van der Waals surface area (Å²) in [5, 5.41) is 9.89. The Morgan fingerprint density at radius 1 is 1.10 bits per heavy atom. The van der Waals surface area contributed by atoms with Crippen LogP contribution in [0.5, 0.6) is 17.2 Å². The van der Waals surface area contributed by atoms with Crippen molar-refractivity contribution in [3.8, 4) is 23.3 Å². The molecule has 9 nitrogen and oxygen atoms in total. The van der Waals surface area contributed by atoms with Gasteiger partial charge in [0.2, 0.25) is 6.79 Å². The first-order chi connectivity index (χ1) is 20.3. The van der Waals surface area contributed by atoms with Crippen molar-refractivity contribution in [1.29, 1.82) is 5.26 Å². The fourth-order valence-corrected chi connectivity index (χ4v) is 5.34. The molecule has 0 spiro atoms. The minimum absolute atomic E-state index is 0.0963. The van der Waals surface area contributed by atoms with Crippen LogP contribution in [-0.2, 0) is 6.42 Å². The number of benzene rings is 3. The second-order valence-corrected chi connectivity index (χ2v) is 10.5. The number of nitrogens with zero attached hydrogens (tertiary/aromatic N) is 2. The highest BCUT2D eigenvalue weighted by molar-refractivity contribution is 5.95. The number of rotatable bonds is 10. The van der Waals surface area contributed by atoms with E-state index in [1.807, 2.05) is 38.1 Å². The van der Waals surface area contributed by atoms with Gasteiger partial charge in [-0.15, -0.1) is 0 Å². The highest BCUT2D eigenvalue weighted by Crippen LogP contribution is 2.37. The lowest BCUT2D eigenvalue weighted by atomic mass is 9.91. The molecule has 5 rings (SSSR count). The third kappa shape index (κ3) is 5.67. The highest BCUT2D eigenvalue weighted by Gasteiger charge is 2.34. The molecule has 3 aromatic carbocycles. The van der Waals surface area contributed by atoms with Gasteiger partial charge in [-0.05, 0) is 73.0 Å². The zero-order valence-corrected chi connectivity index (χ0v) is 23.9. The van der Waals surface area contributed by atoms with Gasteiger partial charge in [-0.2, -0.15) is 5.26 Å². The average Bonchev–Trinajstić information content (AvgIpc) is 3.48. The fraction of sp³-hybridized carbons (Fsp3) is 0.303. The van der Waals surface area contributed by atoms with E-state index in [2.05, 4.69) is 6.07 Å². The van der Waals surface area contributed by atoms with Crippen molar-refractivity contribution >= 4 is 16.9 Å². The predicted octanol–water partition coefficient (Wildman–Crippen LogP) is 5.18. The summed E-state index contributed by atoms with van der Waals surface area (Å²) in [6.45, 7) is 4.78. The second kappa shape index (κ2) is 12.4. The summed E-state index contributed by atoms with van der Waals surface area (Å²) >= 11 is 0. The zero-order valence-electron chi connectivity index (χ0n) is 23.9. The lowest BCUT2D eigenvalue weighted by Crippen LogP contribution is -2.40. The number of carbonyl (C=O) groups is 1. The lowest BCUT2D eigenvalue weighted by molar-refractivity contribution is 0.0587. The molecule has 0 fully saturated rings. The molecule has 1 aromatic heterocycles. The molecule has 2 N–H and O–H groups in total. The Morgan fingerprint density at radius 3 is 2.64 bits per heavy atom. The summed E-state index contributed by atoms with van der Waals surface area (Å²) in [4.78, 5) is 30.0. The number of hydrogen-bond donors (Lipinski definition) is 1. The lowest BCUT2D eigenvalue weighted by Gasteiger charge is -2.35. The molecule has 1 aliphatic heterocycles. The normalized spacial score (nSPS) is 12.8. The van der Waals surface area contributed by atoms with Crippen LogP contribution >= 0.6 is 0 Å². The minimum atomic E-state index is -0.613. The van der Waals surface area contributed by atoms with E-state index in [9.17, 15) is 14.9 Å². The van der Waals surface area contributed by atoms with Crippen LogP contribution in [0.4, 0.5) is 0 Å². The third-order valence-corrected chi connectivity index (χ3v) is 7.38. The minimum Gasteiger partial charge on any atom is -0.497 e. The average molecular weight is 568 g/mol. The van der Waals surface area contributed by atoms with Crippen molar-refractivity contribution in [3.63, 3.8) is 0 Å². The third-order valence-electron chi connectivity index (χ3n) is 7.38. The molecule has 1 amide bonds. The standard InChI is InChI=1S/C33H33N3O6/c1-20(2)30(36(13-5-12-34)33(38)23-9-11-27-29(17-23)41-19-40-27)32-26(15-21-6-4-7-24(14-21)39-3)31(37)25-10-8-22(18-35)16-28(25)42-32/h4,6-11,14,16-17,20,30H,5,12-13,15,19,34H2,1-3H3. The first kappa shape index (κ1) is 28.7. The number of amides is 1. The summed E-state index contributed by atoms with van der Waals surface area (Å²) in [5.41, 5.74) is 8.08. The van der Waals surface area contributed by atoms with Crippen molar-refractivity contribution in [3.05, 3.63) is 98.9 Å². The summed E-state index contributed by atoms with van der Waals surface area (Å²) in [5.74, 6) is 1.73. The van der Waals surface area contributed by atoms with Crippen molar-refractivity contribution < 1.29 is 23.4 Å². The van der Waals surface area contributed by atoms with Gasteiger partial charge < -0.3 is 29.3 Å². The van der Waals surface area contributed by atoms with Crippen molar-refractivity contribution in [2.45, 2.75) is 32.7 Å². The molecule has 0 bridgehead atoms. The second-order valence-electron chi connectivity index (χ2n) is 10.5. The smallest absolute Gasteiger partial charge is 0.254 e.